The van der Waals surface area contributed by atoms with Crippen molar-refractivity contribution < 1.29 is 9.79 Å². The van der Waals surface area contributed by atoms with Gasteiger partial charge in [0.25, 0.3) is 5.56 Å². The van der Waals surface area contributed by atoms with Crippen molar-refractivity contribution in [2.45, 2.75) is 115 Å². The van der Waals surface area contributed by atoms with E-state index in [-0.39, 0.29) is 17.0 Å². The summed E-state index contributed by atoms with van der Waals surface area (Å²) in [4.78, 5) is 40.1. The summed E-state index contributed by atoms with van der Waals surface area (Å²) >= 11 is 0. The van der Waals surface area contributed by atoms with E-state index in [9.17, 15) is 14.6 Å². The number of rotatable bonds is 3. The van der Waals surface area contributed by atoms with Crippen molar-refractivity contribution in [2.75, 3.05) is 0 Å². The predicted octanol–water partition coefficient (Wildman–Crippen LogP) is 5.02. The van der Waals surface area contributed by atoms with Crippen LogP contribution in [0.2, 0.25) is 0 Å². The zero-order valence-corrected chi connectivity index (χ0v) is 21.1. The van der Waals surface area contributed by atoms with E-state index in [4.69, 9.17) is 0 Å². The second-order valence-electron chi connectivity index (χ2n) is 9.70. The molecule has 1 aliphatic carbocycles. The molecule has 2 aromatic rings. The number of para-hydroxylation sites is 2. The van der Waals surface area contributed by atoms with Crippen LogP contribution in [0.15, 0.2) is 29.1 Å². The number of hydrogen-bond donors (Lipinski definition) is 2. The number of piperidine rings is 2. The Morgan fingerprint density at radius 3 is 2.03 bits per heavy atom. The van der Waals surface area contributed by atoms with E-state index in [1.807, 2.05) is 42.7 Å². The highest BCUT2D eigenvalue weighted by atomic mass is 31.2. The monoisotopic (exact) mass is 473 g/mol. The zero-order chi connectivity index (χ0) is 23.4. The second kappa shape index (κ2) is 11.4. The molecule has 5 rings (SSSR count). The van der Waals surface area contributed by atoms with Gasteiger partial charge >= 0.3 is 0 Å². The third kappa shape index (κ3) is 5.19. The van der Waals surface area contributed by atoms with E-state index < -0.39 is 8.38 Å². The van der Waals surface area contributed by atoms with E-state index >= 15 is 0 Å². The average molecular weight is 474 g/mol. The normalized spacial score (nSPS) is 27.0. The second-order valence-corrected chi connectivity index (χ2v) is 10.7. The molecule has 0 spiro atoms. The maximum absolute atomic E-state index is 13.3. The van der Waals surface area contributed by atoms with Crippen LogP contribution in [0.25, 0.3) is 11.0 Å². The first-order chi connectivity index (χ1) is 16.1. The van der Waals surface area contributed by atoms with Gasteiger partial charge in [0.2, 0.25) is 8.38 Å². The Hall–Kier alpha value is -1.33. The molecule has 1 saturated carbocycles. The molecular formula is C26H40N3O3P. The SMILES string of the molecule is CC.O=c1c(P(O)O)nc2ccccc2n1C1CC2CCCC(C1)N2C1CCCCCCC1. The summed E-state index contributed by atoms with van der Waals surface area (Å²) in [5, 5.41) is 0. The smallest absolute Gasteiger partial charge is 0.282 e. The maximum atomic E-state index is 13.3. The zero-order valence-electron chi connectivity index (χ0n) is 20.2. The molecule has 2 bridgehead atoms. The fraction of sp³-hybridized carbons (Fsp3) is 0.692. The summed E-state index contributed by atoms with van der Waals surface area (Å²) < 4.78 is 1.85. The Labute approximate surface area is 199 Å². The van der Waals surface area contributed by atoms with Crippen LogP contribution in [0.4, 0.5) is 0 Å². The Bertz CT molecular complexity index is 957. The highest BCUT2D eigenvalue weighted by Crippen LogP contribution is 2.42. The van der Waals surface area contributed by atoms with Crippen LogP contribution in [0.1, 0.15) is 96.9 Å². The lowest BCUT2D eigenvalue weighted by atomic mass is 9.79. The van der Waals surface area contributed by atoms with Crippen molar-refractivity contribution in [3.63, 3.8) is 0 Å². The van der Waals surface area contributed by atoms with Crippen LogP contribution in [-0.2, 0) is 0 Å². The number of hydrogen-bond acceptors (Lipinski definition) is 5. The molecule has 2 aliphatic heterocycles. The van der Waals surface area contributed by atoms with Gasteiger partial charge in [-0.3, -0.25) is 9.69 Å². The molecule has 2 unspecified atom stereocenters. The van der Waals surface area contributed by atoms with E-state index in [1.165, 1.54) is 64.2 Å². The molecule has 1 aromatic heterocycles. The van der Waals surface area contributed by atoms with Crippen molar-refractivity contribution in [2.24, 2.45) is 0 Å². The molecule has 3 aliphatic rings. The first-order valence-corrected chi connectivity index (χ1v) is 14.3. The van der Waals surface area contributed by atoms with Gasteiger partial charge in [-0.05, 0) is 50.7 Å². The van der Waals surface area contributed by atoms with Gasteiger partial charge in [0.05, 0.1) is 11.0 Å². The Kier molecular flexibility index (Phi) is 8.56. The van der Waals surface area contributed by atoms with E-state index in [2.05, 4.69) is 9.88 Å². The first kappa shape index (κ1) is 24.8. The van der Waals surface area contributed by atoms with E-state index in [0.717, 1.165) is 18.4 Å². The van der Waals surface area contributed by atoms with Crippen LogP contribution >= 0.6 is 8.38 Å². The third-order valence-electron chi connectivity index (χ3n) is 7.83. The molecule has 0 amide bonds. The summed E-state index contributed by atoms with van der Waals surface area (Å²) in [6.45, 7) is 4.00. The van der Waals surface area contributed by atoms with Gasteiger partial charge < -0.3 is 14.4 Å². The molecule has 2 N–H and O–H groups in total. The summed E-state index contributed by atoms with van der Waals surface area (Å²) in [6.07, 6.45) is 15.1. The molecular weight excluding hydrogens is 433 g/mol. The van der Waals surface area contributed by atoms with Crippen LogP contribution in [0.3, 0.4) is 0 Å². The predicted molar refractivity (Wildman–Crippen MR) is 136 cm³/mol. The van der Waals surface area contributed by atoms with Gasteiger partial charge in [0, 0.05) is 24.2 Å². The lowest BCUT2D eigenvalue weighted by Crippen LogP contribution is -2.57. The van der Waals surface area contributed by atoms with Gasteiger partial charge in [-0.15, -0.1) is 0 Å². The Morgan fingerprint density at radius 1 is 0.818 bits per heavy atom. The molecule has 3 fully saturated rings. The molecule has 33 heavy (non-hydrogen) atoms. The minimum atomic E-state index is -2.52. The van der Waals surface area contributed by atoms with E-state index in [0.29, 0.717) is 23.6 Å². The molecule has 7 heteroatoms. The molecule has 0 radical (unpaired) electrons. The number of nitrogens with zero attached hydrogens (tertiary/aromatic N) is 3. The Balaban J connectivity index is 0.00000126. The third-order valence-corrected chi connectivity index (χ3v) is 8.51. The Morgan fingerprint density at radius 2 is 1.39 bits per heavy atom. The molecule has 2 atom stereocenters. The topological polar surface area (TPSA) is 78.6 Å². The fourth-order valence-electron chi connectivity index (χ4n) is 6.56. The van der Waals surface area contributed by atoms with Gasteiger partial charge in [-0.25, -0.2) is 4.98 Å². The molecule has 6 nitrogen and oxygen atoms in total. The maximum Gasteiger partial charge on any atom is 0.282 e. The van der Waals surface area contributed by atoms with E-state index in [1.54, 1.807) is 0 Å². The minimum absolute atomic E-state index is 0.0919. The van der Waals surface area contributed by atoms with Crippen LogP contribution in [-0.4, -0.2) is 42.4 Å². The number of aromatic nitrogens is 2. The van der Waals surface area contributed by atoms with Gasteiger partial charge in [-0.2, -0.15) is 0 Å². The summed E-state index contributed by atoms with van der Waals surface area (Å²) in [5.41, 5.74) is 1.06. The summed E-state index contributed by atoms with van der Waals surface area (Å²) in [5.74, 6) is 0. The van der Waals surface area contributed by atoms with Crippen LogP contribution < -0.4 is 11.0 Å². The first-order valence-electron chi connectivity index (χ1n) is 13.1. The lowest BCUT2D eigenvalue weighted by Gasteiger charge is -2.53. The largest absolute Gasteiger partial charge is 0.345 e. The summed E-state index contributed by atoms with van der Waals surface area (Å²) in [6, 6.07) is 9.46. The van der Waals surface area contributed by atoms with Crippen LogP contribution in [0.5, 0.6) is 0 Å². The van der Waals surface area contributed by atoms with Crippen molar-refractivity contribution in [1.82, 2.24) is 14.5 Å². The van der Waals surface area contributed by atoms with Crippen LogP contribution in [0, 0.1) is 0 Å². The molecule has 1 aromatic carbocycles. The molecule has 3 heterocycles. The molecule has 182 valence electrons. The van der Waals surface area contributed by atoms with Crippen molar-refractivity contribution >= 4 is 24.8 Å². The standard InChI is InChI=1S/C24H34N3O3P.C2H6/c28-24-23(31(29)30)25-21-13-6-7-14-22(21)27(24)20-15-18-11-8-12-19(16-20)26(18)17-9-4-2-1-3-5-10-17;1-2/h6-7,13-14,17-20,29-30H,1-5,8-12,15-16H2;1-2H3. The van der Waals surface area contributed by atoms with Crippen molar-refractivity contribution in [3.05, 3.63) is 34.6 Å². The quantitative estimate of drug-likeness (QED) is 0.613. The number of benzene rings is 1. The van der Waals surface area contributed by atoms with Gasteiger partial charge in [0.1, 0.15) is 0 Å². The van der Waals surface area contributed by atoms with Crippen molar-refractivity contribution in [3.8, 4) is 0 Å². The van der Waals surface area contributed by atoms with Gasteiger partial charge in [0.15, 0.2) is 5.44 Å². The van der Waals surface area contributed by atoms with Crippen molar-refractivity contribution in [1.29, 1.82) is 0 Å². The fourth-order valence-corrected chi connectivity index (χ4v) is 7.04. The number of fused-ring (bicyclic) bond motifs is 3. The highest BCUT2D eigenvalue weighted by Gasteiger charge is 2.42. The minimum Gasteiger partial charge on any atom is -0.345 e. The van der Waals surface area contributed by atoms with Gasteiger partial charge in [-0.1, -0.05) is 64.5 Å². The summed E-state index contributed by atoms with van der Waals surface area (Å²) in [7, 11) is -2.52. The molecule has 2 saturated heterocycles. The highest BCUT2D eigenvalue weighted by molar-refractivity contribution is 7.53. The lowest BCUT2D eigenvalue weighted by molar-refractivity contribution is -0.0246. The average Bonchev–Trinajstić information content (AvgIpc) is 2.79.